The summed E-state index contributed by atoms with van der Waals surface area (Å²) in [6, 6.07) is 13.2. The zero-order valence-corrected chi connectivity index (χ0v) is 14.2. The van der Waals surface area contributed by atoms with E-state index in [-0.39, 0.29) is 5.91 Å². The normalized spacial score (nSPS) is 10.5. The Labute approximate surface area is 141 Å². The number of nitrogens with zero attached hydrogens (tertiary/aromatic N) is 1. The molecule has 1 amide bonds. The molecule has 5 heteroatoms. The molecule has 0 aliphatic carbocycles. The van der Waals surface area contributed by atoms with E-state index in [2.05, 4.69) is 26.2 Å². The number of hydrogen-bond acceptors (Lipinski definition) is 3. The van der Waals surface area contributed by atoms with Gasteiger partial charge in [-0.05, 0) is 58.6 Å². The van der Waals surface area contributed by atoms with Gasteiger partial charge in [-0.15, -0.1) is 0 Å². The highest BCUT2D eigenvalue weighted by molar-refractivity contribution is 9.10. The zero-order valence-electron chi connectivity index (χ0n) is 11.8. The number of para-hydroxylation sites is 1. The quantitative estimate of drug-likeness (QED) is 0.691. The van der Waals surface area contributed by atoms with Crippen LogP contribution in [-0.2, 0) is 0 Å². The predicted octanol–water partition coefficient (Wildman–Crippen LogP) is 5.13. The molecule has 0 atom stereocenters. The largest absolute Gasteiger partial charge is 0.321 e. The number of halogens is 1. The van der Waals surface area contributed by atoms with Gasteiger partial charge in [0.25, 0.3) is 5.91 Å². The Hall–Kier alpha value is -1.98. The van der Waals surface area contributed by atoms with Crippen molar-refractivity contribution in [3.8, 4) is 11.3 Å². The molecule has 3 aromatic rings. The van der Waals surface area contributed by atoms with Crippen molar-refractivity contribution in [2.24, 2.45) is 0 Å². The standard InChI is InChI=1S/C17H13BrN2OS/c1-11-13(6-7-15(19-11)12-8-9-22-10-12)17(21)20-16-5-3-2-4-14(16)18/h2-10H,1H3,(H,20,21). The van der Waals surface area contributed by atoms with Crippen LogP contribution in [0.2, 0.25) is 0 Å². The average Bonchev–Trinajstić information content (AvgIpc) is 3.03. The van der Waals surface area contributed by atoms with Crippen LogP contribution in [0.5, 0.6) is 0 Å². The molecule has 0 unspecified atom stereocenters. The lowest BCUT2D eigenvalue weighted by Crippen LogP contribution is -2.14. The Morgan fingerprint density at radius 3 is 2.68 bits per heavy atom. The molecule has 2 aromatic heterocycles. The number of nitrogens with one attached hydrogen (secondary N) is 1. The number of amides is 1. The maximum absolute atomic E-state index is 12.4. The summed E-state index contributed by atoms with van der Waals surface area (Å²) in [6.07, 6.45) is 0. The van der Waals surface area contributed by atoms with E-state index in [1.807, 2.05) is 60.1 Å². The lowest BCUT2D eigenvalue weighted by atomic mass is 10.1. The van der Waals surface area contributed by atoms with E-state index < -0.39 is 0 Å². The topological polar surface area (TPSA) is 42.0 Å². The lowest BCUT2D eigenvalue weighted by Gasteiger charge is -2.09. The number of hydrogen-bond donors (Lipinski definition) is 1. The van der Waals surface area contributed by atoms with Crippen LogP contribution in [-0.4, -0.2) is 10.9 Å². The highest BCUT2D eigenvalue weighted by Gasteiger charge is 2.13. The molecule has 1 N–H and O–H groups in total. The fourth-order valence-corrected chi connectivity index (χ4v) is 3.16. The Morgan fingerprint density at radius 2 is 2.00 bits per heavy atom. The summed E-state index contributed by atoms with van der Waals surface area (Å²) < 4.78 is 0.851. The van der Waals surface area contributed by atoms with Gasteiger partial charge in [0.05, 0.1) is 22.6 Å². The summed E-state index contributed by atoms with van der Waals surface area (Å²) in [6.45, 7) is 1.85. The van der Waals surface area contributed by atoms with E-state index in [1.165, 1.54) is 0 Å². The van der Waals surface area contributed by atoms with Crippen LogP contribution in [0, 0.1) is 6.92 Å². The molecule has 3 rings (SSSR count). The smallest absolute Gasteiger partial charge is 0.257 e. The minimum atomic E-state index is -0.159. The van der Waals surface area contributed by atoms with Crippen molar-refractivity contribution in [1.29, 1.82) is 0 Å². The van der Waals surface area contributed by atoms with E-state index in [4.69, 9.17) is 0 Å². The van der Waals surface area contributed by atoms with E-state index in [1.54, 1.807) is 11.3 Å². The molecule has 0 radical (unpaired) electrons. The molecule has 3 nitrogen and oxygen atoms in total. The second kappa shape index (κ2) is 6.42. The summed E-state index contributed by atoms with van der Waals surface area (Å²) in [5, 5.41) is 6.96. The zero-order chi connectivity index (χ0) is 15.5. The molecule has 0 aliphatic rings. The van der Waals surface area contributed by atoms with Gasteiger partial charge in [-0.1, -0.05) is 12.1 Å². The summed E-state index contributed by atoms with van der Waals surface area (Å²) in [7, 11) is 0. The molecule has 0 saturated heterocycles. The van der Waals surface area contributed by atoms with Crippen LogP contribution in [0.3, 0.4) is 0 Å². The highest BCUT2D eigenvalue weighted by atomic mass is 79.9. The molecule has 1 aromatic carbocycles. The van der Waals surface area contributed by atoms with Crippen LogP contribution >= 0.6 is 27.3 Å². The first-order valence-corrected chi connectivity index (χ1v) is 8.45. The SMILES string of the molecule is Cc1nc(-c2ccsc2)ccc1C(=O)Nc1ccccc1Br. The lowest BCUT2D eigenvalue weighted by molar-refractivity contribution is 0.102. The van der Waals surface area contributed by atoms with Gasteiger partial charge in [-0.3, -0.25) is 9.78 Å². The van der Waals surface area contributed by atoms with Crippen LogP contribution in [0.1, 0.15) is 16.1 Å². The van der Waals surface area contributed by atoms with Crippen molar-refractivity contribution in [1.82, 2.24) is 4.98 Å². The van der Waals surface area contributed by atoms with Crippen molar-refractivity contribution in [2.45, 2.75) is 6.92 Å². The fourth-order valence-electron chi connectivity index (χ4n) is 2.12. The minimum Gasteiger partial charge on any atom is -0.321 e. The van der Waals surface area contributed by atoms with E-state index >= 15 is 0 Å². The molecule has 0 bridgehead atoms. The monoisotopic (exact) mass is 372 g/mol. The van der Waals surface area contributed by atoms with E-state index in [0.29, 0.717) is 11.3 Å². The van der Waals surface area contributed by atoms with Gasteiger partial charge >= 0.3 is 0 Å². The molecule has 0 saturated carbocycles. The second-order valence-electron chi connectivity index (χ2n) is 4.78. The van der Waals surface area contributed by atoms with E-state index in [0.717, 1.165) is 21.4 Å². The Morgan fingerprint density at radius 1 is 1.18 bits per heavy atom. The van der Waals surface area contributed by atoms with Crippen molar-refractivity contribution >= 4 is 38.9 Å². The third-order valence-corrected chi connectivity index (χ3v) is 4.64. The van der Waals surface area contributed by atoms with Crippen LogP contribution in [0.25, 0.3) is 11.3 Å². The number of anilines is 1. The first-order chi connectivity index (χ1) is 10.6. The van der Waals surface area contributed by atoms with Gasteiger partial charge in [0.15, 0.2) is 0 Å². The Kier molecular flexibility index (Phi) is 4.36. The summed E-state index contributed by atoms with van der Waals surface area (Å²) in [5.74, 6) is -0.159. The van der Waals surface area contributed by atoms with Crippen molar-refractivity contribution < 1.29 is 4.79 Å². The number of benzene rings is 1. The summed E-state index contributed by atoms with van der Waals surface area (Å²) in [4.78, 5) is 16.9. The molecule has 0 spiro atoms. The molecule has 110 valence electrons. The van der Waals surface area contributed by atoms with Crippen molar-refractivity contribution in [2.75, 3.05) is 5.32 Å². The number of aryl methyl sites for hydroxylation is 1. The second-order valence-corrected chi connectivity index (χ2v) is 6.41. The Balaban J connectivity index is 1.86. The van der Waals surface area contributed by atoms with Gasteiger partial charge < -0.3 is 5.32 Å². The summed E-state index contributed by atoms with van der Waals surface area (Å²) in [5.41, 5.74) is 4.00. The molecule has 22 heavy (non-hydrogen) atoms. The number of carbonyl (C=O) groups excluding carboxylic acids is 1. The number of pyridine rings is 1. The van der Waals surface area contributed by atoms with E-state index in [9.17, 15) is 4.79 Å². The third kappa shape index (κ3) is 3.10. The van der Waals surface area contributed by atoms with Crippen molar-refractivity contribution in [3.63, 3.8) is 0 Å². The van der Waals surface area contributed by atoms with Crippen molar-refractivity contribution in [3.05, 3.63) is 69.0 Å². The van der Waals surface area contributed by atoms with Gasteiger partial charge in [0.1, 0.15) is 0 Å². The predicted molar refractivity (Wildman–Crippen MR) is 94.4 cm³/mol. The van der Waals surface area contributed by atoms with Gasteiger partial charge in [-0.25, -0.2) is 0 Å². The van der Waals surface area contributed by atoms with Gasteiger partial charge in [-0.2, -0.15) is 11.3 Å². The highest BCUT2D eigenvalue weighted by Crippen LogP contribution is 2.24. The first kappa shape index (κ1) is 14.9. The van der Waals surface area contributed by atoms with Gasteiger partial charge in [0, 0.05) is 15.4 Å². The molecular formula is C17H13BrN2OS. The third-order valence-electron chi connectivity index (χ3n) is 3.27. The average molecular weight is 373 g/mol. The number of aromatic nitrogens is 1. The summed E-state index contributed by atoms with van der Waals surface area (Å²) >= 11 is 5.05. The molecule has 2 heterocycles. The maximum Gasteiger partial charge on any atom is 0.257 e. The molecule has 0 fully saturated rings. The minimum absolute atomic E-state index is 0.159. The van der Waals surface area contributed by atoms with Gasteiger partial charge in [0.2, 0.25) is 0 Å². The number of thiophene rings is 1. The first-order valence-electron chi connectivity index (χ1n) is 6.71. The Bertz CT molecular complexity index is 815. The maximum atomic E-state index is 12.4. The molecular weight excluding hydrogens is 360 g/mol. The van der Waals surface area contributed by atoms with Crippen LogP contribution in [0.4, 0.5) is 5.69 Å². The number of rotatable bonds is 3. The molecule has 0 aliphatic heterocycles. The fraction of sp³-hybridized carbons (Fsp3) is 0.0588. The van der Waals surface area contributed by atoms with Crippen LogP contribution < -0.4 is 5.32 Å². The van der Waals surface area contributed by atoms with Crippen LogP contribution in [0.15, 0.2) is 57.7 Å². The number of carbonyl (C=O) groups is 1.